The molecule has 1 aromatic heterocycles. The van der Waals surface area contributed by atoms with Crippen LogP contribution >= 0.6 is 11.6 Å². The van der Waals surface area contributed by atoms with Gasteiger partial charge in [-0.3, -0.25) is 9.59 Å². The predicted molar refractivity (Wildman–Crippen MR) is 122 cm³/mol. The van der Waals surface area contributed by atoms with Crippen molar-refractivity contribution in [2.24, 2.45) is 16.5 Å². The van der Waals surface area contributed by atoms with Crippen LogP contribution in [0.4, 0.5) is 0 Å². The number of carboxylic acid groups (broad SMARTS) is 1. The Morgan fingerprint density at radius 3 is 2.56 bits per heavy atom. The molecule has 10 heteroatoms. The second-order valence-electron chi connectivity index (χ2n) is 7.14. The molecule has 0 radical (unpaired) electrons. The second kappa shape index (κ2) is 10.1. The quantitative estimate of drug-likeness (QED) is 0.315. The molecule has 0 bridgehead atoms. The number of guanidine groups is 1. The number of nitrogens with one attached hydrogen (secondary N) is 1. The van der Waals surface area contributed by atoms with Crippen LogP contribution in [0.3, 0.4) is 0 Å². The van der Waals surface area contributed by atoms with Gasteiger partial charge in [-0.05, 0) is 49.2 Å². The normalized spacial score (nSPS) is 12.4. The molecule has 2 aromatic carbocycles. The zero-order valence-electron chi connectivity index (χ0n) is 17.3. The van der Waals surface area contributed by atoms with Gasteiger partial charge in [-0.15, -0.1) is 0 Å². The van der Waals surface area contributed by atoms with E-state index in [2.05, 4.69) is 15.4 Å². The zero-order chi connectivity index (χ0) is 23.3. The summed E-state index contributed by atoms with van der Waals surface area (Å²) in [6.45, 7) is 2.13. The maximum Gasteiger partial charge on any atom is 0.320 e. The Morgan fingerprint density at radius 2 is 1.94 bits per heavy atom. The highest BCUT2D eigenvalue weighted by molar-refractivity contribution is 6.31. The Morgan fingerprint density at radius 1 is 1.22 bits per heavy atom. The van der Waals surface area contributed by atoms with Crippen molar-refractivity contribution in [1.29, 1.82) is 0 Å². The topological polar surface area (TPSA) is 149 Å². The molecular formula is C22H23ClN6O3. The molecule has 0 aliphatic heterocycles. The molecule has 0 aliphatic rings. The summed E-state index contributed by atoms with van der Waals surface area (Å²) in [5.74, 6) is -1.68. The summed E-state index contributed by atoms with van der Waals surface area (Å²) < 4.78 is 1.72. The molecule has 0 aliphatic carbocycles. The molecule has 1 amide bonds. The number of aromatic nitrogens is 2. The predicted octanol–water partition coefficient (Wildman–Crippen LogP) is 2.03. The number of aliphatic imine (C=N–C) groups is 1. The number of nitrogens with two attached hydrogens (primary N) is 2. The van der Waals surface area contributed by atoms with Gasteiger partial charge in [0.15, 0.2) is 5.96 Å². The number of carbonyl (C=O) groups excluding carboxylic acids is 1. The first-order chi connectivity index (χ1) is 15.2. The lowest BCUT2D eigenvalue weighted by molar-refractivity contribution is -0.138. The van der Waals surface area contributed by atoms with Gasteiger partial charge < -0.3 is 21.9 Å². The summed E-state index contributed by atoms with van der Waals surface area (Å²) in [6, 6.07) is 12.7. The van der Waals surface area contributed by atoms with Gasteiger partial charge in [0.2, 0.25) is 0 Å². The van der Waals surface area contributed by atoms with Crippen molar-refractivity contribution in [3.63, 3.8) is 0 Å². The van der Waals surface area contributed by atoms with E-state index in [1.165, 1.54) is 0 Å². The van der Waals surface area contributed by atoms with Crippen LogP contribution in [0.15, 0.2) is 59.7 Å². The Labute approximate surface area is 189 Å². The third kappa shape index (κ3) is 5.71. The Hall–Kier alpha value is -3.69. The van der Waals surface area contributed by atoms with E-state index in [-0.39, 0.29) is 18.9 Å². The molecule has 1 atom stereocenters. The summed E-state index contributed by atoms with van der Waals surface area (Å²) >= 11 is 6.37. The van der Waals surface area contributed by atoms with E-state index >= 15 is 0 Å². The van der Waals surface area contributed by atoms with E-state index in [4.69, 9.17) is 28.2 Å². The lowest BCUT2D eigenvalue weighted by Gasteiger charge is -2.13. The number of carbonyl (C=O) groups is 2. The molecule has 1 unspecified atom stereocenters. The number of nitrogens with zero attached hydrogens (tertiary/aromatic N) is 3. The van der Waals surface area contributed by atoms with E-state index in [9.17, 15) is 9.59 Å². The minimum Gasteiger partial charge on any atom is -0.480 e. The SMILES string of the molecule is Cc1ccn(-c2cccc(Cl)c2CNC(N)=NC(=O)c2ccc(CC(N)C(=O)O)cc2)n1. The van der Waals surface area contributed by atoms with E-state index in [0.29, 0.717) is 16.1 Å². The highest BCUT2D eigenvalue weighted by Crippen LogP contribution is 2.23. The van der Waals surface area contributed by atoms with Crippen molar-refractivity contribution in [2.75, 3.05) is 0 Å². The van der Waals surface area contributed by atoms with Gasteiger partial charge in [0.25, 0.3) is 5.91 Å². The molecule has 0 saturated carbocycles. The average Bonchev–Trinajstić information content (AvgIpc) is 3.19. The maximum atomic E-state index is 12.4. The van der Waals surface area contributed by atoms with Gasteiger partial charge in [-0.2, -0.15) is 10.1 Å². The number of hydrogen-bond acceptors (Lipinski definition) is 4. The fourth-order valence-corrected chi connectivity index (χ4v) is 3.24. The zero-order valence-corrected chi connectivity index (χ0v) is 18.1. The molecule has 3 aromatic rings. The van der Waals surface area contributed by atoms with Crippen LogP contribution in [0.5, 0.6) is 0 Å². The monoisotopic (exact) mass is 454 g/mol. The van der Waals surface area contributed by atoms with Crippen LogP contribution < -0.4 is 16.8 Å². The van der Waals surface area contributed by atoms with Crippen LogP contribution in [0, 0.1) is 6.92 Å². The smallest absolute Gasteiger partial charge is 0.320 e. The summed E-state index contributed by atoms with van der Waals surface area (Å²) in [5.41, 5.74) is 14.8. The molecule has 0 fully saturated rings. The molecule has 9 nitrogen and oxygen atoms in total. The number of halogens is 1. The molecule has 6 N–H and O–H groups in total. The lowest BCUT2D eigenvalue weighted by Crippen LogP contribution is -2.32. The first-order valence-corrected chi connectivity index (χ1v) is 10.1. The van der Waals surface area contributed by atoms with Gasteiger partial charge in [0.1, 0.15) is 6.04 Å². The Kier molecular flexibility index (Phi) is 7.24. The van der Waals surface area contributed by atoms with Crippen molar-refractivity contribution in [2.45, 2.75) is 25.9 Å². The molecule has 0 saturated heterocycles. The number of aryl methyl sites for hydroxylation is 1. The number of benzene rings is 2. The van der Waals surface area contributed by atoms with Crippen molar-refractivity contribution in [3.05, 3.63) is 82.1 Å². The first kappa shape index (κ1) is 23.0. The maximum absolute atomic E-state index is 12.4. The fraction of sp³-hybridized carbons (Fsp3) is 0.182. The number of amides is 1. The van der Waals surface area contributed by atoms with E-state index < -0.39 is 17.9 Å². The Balaban J connectivity index is 1.68. The lowest BCUT2D eigenvalue weighted by atomic mass is 10.0. The van der Waals surface area contributed by atoms with E-state index in [1.54, 1.807) is 35.0 Å². The van der Waals surface area contributed by atoms with Gasteiger partial charge in [0, 0.05) is 28.9 Å². The number of aliphatic carboxylic acids is 1. The van der Waals surface area contributed by atoms with Crippen molar-refractivity contribution in [1.82, 2.24) is 15.1 Å². The fourth-order valence-electron chi connectivity index (χ4n) is 3.00. The molecule has 166 valence electrons. The van der Waals surface area contributed by atoms with E-state index in [1.807, 2.05) is 31.3 Å². The van der Waals surface area contributed by atoms with Crippen LogP contribution in [0.25, 0.3) is 5.69 Å². The number of hydrogen-bond donors (Lipinski definition) is 4. The number of carboxylic acids is 1. The van der Waals surface area contributed by atoms with Crippen LogP contribution in [-0.4, -0.2) is 38.8 Å². The summed E-state index contributed by atoms with van der Waals surface area (Å²) in [5, 5.41) is 16.7. The molecule has 32 heavy (non-hydrogen) atoms. The largest absolute Gasteiger partial charge is 0.480 e. The summed E-state index contributed by atoms with van der Waals surface area (Å²) in [4.78, 5) is 27.1. The van der Waals surface area contributed by atoms with Gasteiger partial charge >= 0.3 is 5.97 Å². The standard InChI is InChI=1S/C22H23ClN6O3/c1-13-9-10-29(28-13)19-4-2-3-17(23)16(19)12-26-22(25)27-20(30)15-7-5-14(6-8-15)11-18(24)21(31)32/h2-10,18H,11-12,24H2,1H3,(H,31,32)(H3,25,26,27,30). The molecular weight excluding hydrogens is 432 g/mol. The minimum absolute atomic E-state index is 0.0607. The highest BCUT2D eigenvalue weighted by Gasteiger charge is 2.13. The van der Waals surface area contributed by atoms with Crippen LogP contribution in [0.1, 0.15) is 27.2 Å². The van der Waals surface area contributed by atoms with E-state index in [0.717, 1.165) is 16.9 Å². The first-order valence-electron chi connectivity index (χ1n) is 9.74. The van der Waals surface area contributed by atoms with Gasteiger partial charge in [0.05, 0.1) is 11.4 Å². The average molecular weight is 455 g/mol. The summed E-state index contributed by atoms with van der Waals surface area (Å²) in [6.07, 6.45) is 1.99. The van der Waals surface area contributed by atoms with Crippen molar-refractivity contribution < 1.29 is 14.7 Å². The Bertz CT molecular complexity index is 1160. The van der Waals surface area contributed by atoms with Crippen LogP contribution in [0.2, 0.25) is 5.02 Å². The third-order valence-electron chi connectivity index (χ3n) is 4.71. The molecule has 0 spiro atoms. The van der Waals surface area contributed by atoms with Crippen molar-refractivity contribution in [3.8, 4) is 5.69 Å². The van der Waals surface area contributed by atoms with Gasteiger partial charge in [-0.1, -0.05) is 29.8 Å². The minimum atomic E-state index is -1.09. The third-order valence-corrected chi connectivity index (χ3v) is 5.06. The molecule has 1 heterocycles. The van der Waals surface area contributed by atoms with Crippen LogP contribution in [-0.2, 0) is 17.8 Å². The highest BCUT2D eigenvalue weighted by atomic mass is 35.5. The molecule has 3 rings (SSSR count). The number of rotatable bonds is 7. The second-order valence-corrected chi connectivity index (χ2v) is 7.55. The van der Waals surface area contributed by atoms with Crippen molar-refractivity contribution >= 4 is 29.4 Å². The van der Waals surface area contributed by atoms with Gasteiger partial charge in [-0.25, -0.2) is 4.68 Å². The summed E-state index contributed by atoms with van der Waals surface area (Å²) in [7, 11) is 0.